The Balaban J connectivity index is 1.81. The molecule has 0 aliphatic heterocycles. The van der Waals surface area contributed by atoms with Crippen LogP contribution in [0.4, 0.5) is 5.13 Å². The molecule has 1 aromatic carbocycles. The lowest BCUT2D eigenvalue weighted by Gasteiger charge is -2.02. The number of rotatable bonds is 3. The number of aromatic nitrogens is 1. The SMILES string of the molecule is Cc1cnc(NC(=O)Cc2coc3cc(C)c(C)cc23)s1. The highest BCUT2D eigenvalue weighted by Gasteiger charge is 2.12. The van der Waals surface area contributed by atoms with Gasteiger partial charge in [-0.05, 0) is 44.0 Å². The predicted octanol–water partition coefficient (Wildman–Crippen LogP) is 4.00. The minimum Gasteiger partial charge on any atom is -0.464 e. The summed E-state index contributed by atoms with van der Waals surface area (Å²) >= 11 is 1.47. The lowest BCUT2D eigenvalue weighted by atomic mass is 10.0. The monoisotopic (exact) mass is 300 g/mol. The maximum atomic E-state index is 12.1. The van der Waals surface area contributed by atoms with Crippen molar-refractivity contribution in [1.29, 1.82) is 0 Å². The molecule has 0 saturated carbocycles. The molecule has 0 aliphatic rings. The normalized spacial score (nSPS) is 11.0. The summed E-state index contributed by atoms with van der Waals surface area (Å²) in [6.45, 7) is 6.07. The number of nitrogens with zero attached hydrogens (tertiary/aromatic N) is 1. The lowest BCUT2D eigenvalue weighted by Crippen LogP contribution is -2.13. The molecule has 0 radical (unpaired) electrons. The fourth-order valence-corrected chi connectivity index (χ4v) is 2.90. The first-order chi connectivity index (χ1) is 10.0. The molecule has 1 N–H and O–H groups in total. The van der Waals surface area contributed by atoms with Crippen molar-refractivity contribution in [2.75, 3.05) is 5.32 Å². The van der Waals surface area contributed by atoms with Gasteiger partial charge in [0, 0.05) is 22.0 Å². The first-order valence-electron chi connectivity index (χ1n) is 6.72. The number of fused-ring (bicyclic) bond motifs is 1. The van der Waals surface area contributed by atoms with E-state index in [1.807, 2.05) is 13.0 Å². The first-order valence-corrected chi connectivity index (χ1v) is 7.54. The Bertz CT molecular complexity index is 817. The summed E-state index contributed by atoms with van der Waals surface area (Å²) in [6.07, 6.45) is 3.70. The quantitative estimate of drug-likeness (QED) is 0.795. The highest BCUT2D eigenvalue weighted by Crippen LogP contribution is 2.25. The third-order valence-corrected chi connectivity index (χ3v) is 4.32. The molecule has 0 saturated heterocycles. The molecule has 0 unspecified atom stereocenters. The minimum atomic E-state index is -0.0784. The van der Waals surface area contributed by atoms with Crippen LogP contribution in [-0.4, -0.2) is 10.9 Å². The number of aryl methyl sites for hydroxylation is 3. The van der Waals surface area contributed by atoms with Crippen molar-refractivity contribution < 1.29 is 9.21 Å². The smallest absolute Gasteiger partial charge is 0.230 e. The Morgan fingerprint density at radius 1 is 1.29 bits per heavy atom. The van der Waals surface area contributed by atoms with Gasteiger partial charge in [0.25, 0.3) is 0 Å². The van der Waals surface area contributed by atoms with Gasteiger partial charge in [0.05, 0.1) is 12.7 Å². The summed E-state index contributed by atoms with van der Waals surface area (Å²) in [4.78, 5) is 17.3. The number of thiazole rings is 1. The molecule has 2 aromatic heterocycles. The van der Waals surface area contributed by atoms with E-state index in [-0.39, 0.29) is 12.3 Å². The number of carbonyl (C=O) groups excluding carboxylic acids is 1. The van der Waals surface area contributed by atoms with Gasteiger partial charge in [-0.1, -0.05) is 0 Å². The summed E-state index contributed by atoms with van der Waals surface area (Å²) in [5.41, 5.74) is 4.11. The molecular weight excluding hydrogens is 284 g/mol. The molecule has 0 aliphatic carbocycles. The summed E-state index contributed by atoms with van der Waals surface area (Å²) in [5, 5.41) is 4.46. The van der Waals surface area contributed by atoms with Crippen LogP contribution in [0, 0.1) is 20.8 Å². The number of amides is 1. The second-order valence-electron chi connectivity index (χ2n) is 5.19. The Labute approximate surface area is 126 Å². The minimum absolute atomic E-state index is 0.0784. The number of benzene rings is 1. The molecule has 0 spiro atoms. The van der Waals surface area contributed by atoms with Gasteiger partial charge in [0.2, 0.25) is 5.91 Å². The fourth-order valence-electron chi connectivity index (χ4n) is 2.22. The van der Waals surface area contributed by atoms with Gasteiger partial charge < -0.3 is 9.73 Å². The molecule has 0 atom stereocenters. The average Bonchev–Trinajstić information content (AvgIpc) is 2.98. The Hall–Kier alpha value is -2.14. The van der Waals surface area contributed by atoms with Gasteiger partial charge in [-0.2, -0.15) is 0 Å². The number of hydrogen-bond donors (Lipinski definition) is 1. The van der Waals surface area contributed by atoms with Gasteiger partial charge >= 0.3 is 0 Å². The lowest BCUT2D eigenvalue weighted by molar-refractivity contribution is -0.115. The summed E-state index contributed by atoms with van der Waals surface area (Å²) in [5.74, 6) is -0.0784. The van der Waals surface area contributed by atoms with E-state index in [2.05, 4.69) is 30.2 Å². The summed E-state index contributed by atoms with van der Waals surface area (Å²) in [6, 6.07) is 4.08. The Kier molecular flexibility index (Phi) is 3.51. The average molecular weight is 300 g/mol. The van der Waals surface area contributed by atoms with Crippen molar-refractivity contribution in [2.45, 2.75) is 27.2 Å². The van der Waals surface area contributed by atoms with Crippen LogP contribution in [-0.2, 0) is 11.2 Å². The van der Waals surface area contributed by atoms with Gasteiger partial charge in [-0.3, -0.25) is 4.79 Å². The van der Waals surface area contributed by atoms with Crippen molar-refractivity contribution in [1.82, 2.24) is 4.98 Å². The molecule has 3 rings (SSSR count). The van der Waals surface area contributed by atoms with Gasteiger partial charge in [0.1, 0.15) is 5.58 Å². The zero-order chi connectivity index (χ0) is 15.0. The van der Waals surface area contributed by atoms with E-state index in [9.17, 15) is 4.79 Å². The molecule has 4 nitrogen and oxygen atoms in total. The largest absolute Gasteiger partial charge is 0.464 e. The van der Waals surface area contributed by atoms with Crippen LogP contribution >= 0.6 is 11.3 Å². The van der Waals surface area contributed by atoms with Crippen LogP contribution in [0.1, 0.15) is 21.6 Å². The van der Waals surface area contributed by atoms with Crippen LogP contribution < -0.4 is 5.32 Å². The molecule has 0 fully saturated rings. The van der Waals surface area contributed by atoms with Crippen molar-refractivity contribution in [2.24, 2.45) is 0 Å². The van der Waals surface area contributed by atoms with Crippen molar-refractivity contribution in [3.63, 3.8) is 0 Å². The second kappa shape index (κ2) is 5.33. The van der Waals surface area contributed by atoms with Crippen molar-refractivity contribution in [3.8, 4) is 0 Å². The van der Waals surface area contributed by atoms with Crippen LogP contribution in [0.3, 0.4) is 0 Å². The molecule has 1 amide bonds. The van der Waals surface area contributed by atoms with Crippen LogP contribution in [0.2, 0.25) is 0 Å². The zero-order valence-corrected chi connectivity index (χ0v) is 13.0. The third-order valence-electron chi connectivity index (χ3n) is 3.49. The molecule has 21 heavy (non-hydrogen) atoms. The van der Waals surface area contributed by atoms with E-state index in [1.165, 1.54) is 22.5 Å². The van der Waals surface area contributed by atoms with E-state index in [4.69, 9.17) is 4.42 Å². The summed E-state index contributed by atoms with van der Waals surface area (Å²) in [7, 11) is 0. The molecule has 108 valence electrons. The van der Waals surface area contributed by atoms with E-state index < -0.39 is 0 Å². The van der Waals surface area contributed by atoms with Gasteiger partial charge in [-0.15, -0.1) is 11.3 Å². The first kappa shape index (κ1) is 13.8. The van der Waals surface area contributed by atoms with E-state index in [0.29, 0.717) is 5.13 Å². The number of furan rings is 1. The summed E-state index contributed by atoms with van der Waals surface area (Å²) < 4.78 is 5.55. The third kappa shape index (κ3) is 2.83. The zero-order valence-electron chi connectivity index (χ0n) is 12.2. The van der Waals surface area contributed by atoms with Gasteiger partial charge in [-0.25, -0.2) is 4.98 Å². The maximum absolute atomic E-state index is 12.1. The van der Waals surface area contributed by atoms with E-state index in [1.54, 1.807) is 12.5 Å². The molecule has 0 bridgehead atoms. The highest BCUT2D eigenvalue weighted by molar-refractivity contribution is 7.15. The van der Waals surface area contributed by atoms with Gasteiger partial charge in [0.15, 0.2) is 5.13 Å². The molecular formula is C16H16N2O2S. The molecule has 2 heterocycles. The standard InChI is InChI=1S/C16H16N2O2S/c1-9-4-13-12(8-20-14(13)5-10(9)2)6-15(19)18-16-17-7-11(3)21-16/h4-5,7-8H,6H2,1-3H3,(H,17,18,19). The fraction of sp³-hybridized carbons (Fsp3) is 0.250. The van der Waals surface area contributed by atoms with Crippen molar-refractivity contribution >= 4 is 33.3 Å². The highest BCUT2D eigenvalue weighted by atomic mass is 32.1. The number of carbonyl (C=O) groups is 1. The van der Waals surface area contributed by atoms with E-state index in [0.717, 1.165) is 21.4 Å². The Morgan fingerprint density at radius 2 is 2.05 bits per heavy atom. The molecule has 5 heteroatoms. The number of nitrogens with one attached hydrogen (secondary N) is 1. The predicted molar refractivity (Wildman–Crippen MR) is 84.9 cm³/mol. The van der Waals surface area contributed by atoms with Crippen LogP contribution in [0.5, 0.6) is 0 Å². The Morgan fingerprint density at radius 3 is 2.76 bits per heavy atom. The second-order valence-corrected chi connectivity index (χ2v) is 6.43. The topological polar surface area (TPSA) is 55.1 Å². The van der Waals surface area contributed by atoms with Crippen LogP contribution in [0.15, 0.2) is 29.0 Å². The van der Waals surface area contributed by atoms with Crippen LogP contribution in [0.25, 0.3) is 11.0 Å². The van der Waals surface area contributed by atoms with Crippen molar-refractivity contribution in [3.05, 3.63) is 46.2 Å². The number of hydrogen-bond acceptors (Lipinski definition) is 4. The van der Waals surface area contributed by atoms with E-state index >= 15 is 0 Å². The number of anilines is 1. The maximum Gasteiger partial charge on any atom is 0.230 e. The molecule has 3 aromatic rings.